The Hall–Kier alpha value is -0.466. The Morgan fingerprint density at radius 2 is 1.64 bits per heavy atom. The molecule has 0 saturated carbocycles. The van der Waals surface area contributed by atoms with Crippen molar-refractivity contribution in [3.63, 3.8) is 0 Å². The number of aromatic nitrogens is 1. The van der Waals surface area contributed by atoms with Crippen molar-refractivity contribution < 1.29 is 44.0 Å². The van der Waals surface area contributed by atoms with Crippen LogP contribution < -0.4 is 28.8 Å². The summed E-state index contributed by atoms with van der Waals surface area (Å²) >= 11 is -0.275. The molecule has 25 heavy (non-hydrogen) atoms. The number of rotatable bonds is 2. The molecule has 1 nitrogen and oxygen atoms in total. The second kappa shape index (κ2) is 8.05. The van der Waals surface area contributed by atoms with Gasteiger partial charge in [-0.05, 0) is 0 Å². The van der Waals surface area contributed by atoms with Gasteiger partial charge in [0.25, 0.3) is 0 Å². The summed E-state index contributed by atoms with van der Waals surface area (Å²) in [7, 11) is 0. The van der Waals surface area contributed by atoms with Crippen molar-refractivity contribution in [1.82, 2.24) is 4.98 Å². The SMILES string of the molecule is CC(C)(C)c1cccc2[nH][c]([Ti+2][C]3=CC=CC3)c(C(C)(C)C)c12.[Cl-].[Cl-]. The van der Waals surface area contributed by atoms with Gasteiger partial charge in [0, 0.05) is 0 Å². The van der Waals surface area contributed by atoms with E-state index in [1.165, 1.54) is 20.5 Å². The molecule has 1 aromatic carbocycles. The first-order chi connectivity index (χ1) is 10.7. The van der Waals surface area contributed by atoms with Gasteiger partial charge in [0.05, 0.1) is 0 Å². The van der Waals surface area contributed by atoms with E-state index in [9.17, 15) is 0 Å². The van der Waals surface area contributed by atoms with Crippen LogP contribution in [0, 0.1) is 0 Å². The van der Waals surface area contributed by atoms with Gasteiger partial charge in [-0.3, -0.25) is 0 Å². The third-order valence-electron chi connectivity index (χ3n) is 4.44. The molecule has 0 aliphatic heterocycles. The van der Waals surface area contributed by atoms with Gasteiger partial charge in [0.2, 0.25) is 0 Å². The first-order valence-corrected chi connectivity index (χ1v) is 10.0. The van der Waals surface area contributed by atoms with Crippen molar-refractivity contribution in [2.75, 3.05) is 0 Å². The van der Waals surface area contributed by atoms with E-state index < -0.39 is 0 Å². The minimum atomic E-state index is -0.275. The molecule has 0 radical (unpaired) electrons. The predicted molar refractivity (Wildman–Crippen MR) is 97.2 cm³/mol. The molecule has 3 rings (SSSR count). The molecule has 1 aliphatic rings. The predicted octanol–water partition coefficient (Wildman–Crippen LogP) is -0.677. The van der Waals surface area contributed by atoms with Crippen molar-refractivity contribution in [2.24, 2.45) is 0 Å². The van der Waals surface area contributed by atoms with Crippen LogP contribution in [0.4, 0.5) is 0 Å². The summed E-state index contributed by atoms with van der Waals surface area (Å²) < 4.78 is 3.14. The zero-order valence-electron chi connectivity index (χ0n) is 15.9. The minimum Gasteiger partial charge on any atom is -1.00 e. The van der Waals surface area contributed by atoms with Crippen LogP contribution in [0.15, 0.2) is 40.3 Å². The number of fused-ring (bicyclic) bond motifs is 1. The molecule has 0 amide bonds. The Morgan fingerprint density at radius 3 is 2.16 bits per heavy atom. The van der Waals surface area contributed by atoms with Crippen LogP contribution in [0.5, 0.6) is 0 Å². The van der Waals surface area contributed by atoms with Crippen molar-refractivity contribution in [3.8, 4) is 0 Å². The Bertz CT molecular complexity index is 802. The number of benzene rings is 1. The van der Waals surface area contributed by atoms with Crippen LogP contribution in [0.25, 0.3) is 10.9 Å². The number of hydrogen-bond acceptors (Lipinski definition) is 0. The normalized spacial score (nSPS) is 13.9. The van der Waals surface area contributed by atoms with Crippen molar-refractivity contribution in [1.29, 1.82) is 0 Å². The van der Waals surface area contributed by atoms with E-state index in [4.69, 9.17) is 0 Å². The first-order valence-electron chi connectivity index (χ1n) is 8.46. The maximum atomic E-state index is 3.80. The van der Waals surface area contributed by atoms with E-state index in [0.29, 0.717) is 0 Å². The van der Waals surface area contributed by atoms with Crippen LogP contribution in [0.2, 0.25) is 0 Å². The number of allylic oxidation sites excluding steroid dienone is 4. The van der Waals surface area contributed by atoms with Gasteiger partial charge in [-0.15, -0.1) is 0 Å². The summed E-state index contributed by atoms with van der Waals surface area (Å²) in [6.45, 7) is 14.0. The smallest absolute Gasteiger partial charge is 1.00 e. The maximum absolute atomic E-state index is 3.80. The molecule has 0 saturated heterocycles. The fraction of sp³-hybridized carbons (Fsp3) is 0.429. The molecule has 1 aliphatic carbocycles. The van der Waals surface area contributed by atoms with E-state index in [1.54, 1.807) is 9.44 Å². The van der Waals surface area contributed by atoms with E-state index in [0.717, 1.165) is 6.42 Å². The van der Waals surface area contributed by atoms with Crippen molar-refractivity contribution in [3.05, 3.63) is 51.4 Å². The Labute approximate surface area is 173 Å². The van der Waals surface area contributed by atoms with Crippen LogP contribution in [0.1, 0.15) is 59.1 Å². The van der Waals surface area contributed by atoms with Gasteiger partial charge >= 0.3 is 149 Å². The summed E-state index contributed by atoms with van der Waals surface area (Å²) in [6, 6.07) is 6.76. The fourth-order valence-corrected chi connectivity index (χ4v) is 5.83. The summed E-state index contributed by atoms with van der Waals surface area (Å²) in [5, 5.41) is 1.47. The third kappa shape index (κ3) is 4.63. The number of halogens is 2. The average Bonchev–Trinajstić information content (AvgIpc) is 3.02. The second-order valence-corrected chi connectivity index (χ2v) is 10.7. The molecule has 0 unspecified atom stereocenters. The van der Waals surface area contributed by atoms with E-state index in [1.807, 2.05) is 0 Å². The van der Waals surface area contributed by atoms with Crippen LogP contribution >= 0.6 is 0 Å². The number of H-pyrrole nitrogens is 1. The molecular formula is C21H27Cl2NTi. The third-order valence-corrected chi connectivity index (χ3v) is 6.50. The molecular weight excluding hydrogens is 385 g/mol. The Balaban J connectivity index is 0.00000156. The molecule has 0 atom stereocenters. The van der Waals surface area contributed by atoms with Gasteiger partial charge in [-0.1, -0.05) is 0 Å². The molecule has 1 heterocycles. The van der Waals surface area contributed by atoms with E-state index >= 15 is 0 Å². The first kappa shape index (κ1) is 22.6. The standard InChI is InChI=1S/C16H22N.C5H5.2ClH.Ti/c1-15(2,3)11-8-7-9-13-14(11)12(10-17-13)16(4,5)6;1-2-4-5-3-1;;;/h7-9,17H,1-6H3;1-3H,4H2;2*1H;/q;;;;+2/p-2. The van der Waals surface area contributed by atoms with Crippen LogP contribution in [-0.4, -0.2) is 4.98 Å². The van der Waals surface area contributed by atoms with Gasteiger partial charge in [0.15, 0.2) is 0 Å². The van der Waals surface area contributed by atoms with Gasteiger partial charge in [0.1, 0.15) is 0 Å². The largest absolute Gasteiger partial charge is 1.00 e. The van der Waals surface area contributed by atoms with Crippen molar-refractivity contribution in [2.45, 2.75) is 58.8 Å². The fourth-order valence-electron chi connectivity index (χ4n) is 3.42. The summed E-state index contributed by atoms with van der Waals surface area (Å²) in [5.41, 5.74) is 4.64. The Morgan fingerprint density at radius 1 is 0.960 bits per heavy atom. The monoisotopic (exact) mass is 411 g/mol. The Kier molecular flexibility index (Phi) is 7.27. The van der Waals surface area contributed by atoms with Gasteiger partial charge < -0.3 is 24.8 Å². The van der Waals surface area contributed by atoms with E-state index in [2.05, 4.69) is 83.0 Å². The number of nitrogens with one attached hydrogen (secondary N) is 1. The molecule has 0 spiro atoms. The summed E-state index contributed by atoms with van der Waals surface area (Å²) in [5.74, 6) is 0. The molecule has 0 bridgehead atoms. The topological polar surface area (TPSA) is 15.8 Å². The zero-order valence-corrected chi connectivity index (χ0v) is 19.0. The van der Waals surface area contributed by atoms with Gasteiger partial charge in [-0.2, -0.15) is 0 Å². The summed E-state index contributed by atoms with van der Waals surface area (Å²) in [6.07, 6.45) is 7.95. The quantitative estimate of drug-likeness (QED) is 0.630. The maximum Gasteiger partial charge on any atom is -1.00 e. The average molecular weight is 412 g/mol. The second-order valence-electron chi connectivity index (χ2n) is 8.55. The number of hydrogen-bond donors (Lipinski definition) is 1. The molecule has 1 aromatic heterocycles. The molecule has 2 aromatic rings. The van der Waals surface area contributed by atoms with Gasteiger partial charge in [-0.25, -0.2) is 0 Å². The van der Waals surface area contributed by atoms with Crippen LogP contribution in [-0.2, 0) is 30.0 Å². The molecule has 0 fully saturated rings. The minimum absolute atomic E-state index is 0. The molecule has 1 N–H and O–H groups in total. The van der Waals surface area contributed by atoms with Crippen molar-refractivity contribution >= 4 is 14.9 Å². The number of aromatic amines is 1. The van der Waals surface area contributed by atoms with Crippen LogP contribution in [0.3, 0.4) is 0 Å². The molecule has 134 valence electrons. The molecule has 4 heteroatoms. The zero-order chi connectivity index (χ0) is 16.8. The summed E-state index contributed by atoms with van der Waals surface area (Å²) in [4.78, 5) is 3.80. The van der Waals surface area contributed by atoms with E-state index in [-0.39, 0.29) is 54.8 Å².